The first-order chi connectivity index (χ1) is 16.2. The number of rotatable bonds is 11. The molecule has 33 heavy (non-hydrogen) atoms. The average molecular weight is 473 g/mol. The Kier molecular flexibility index (Phi) is 11.4. The minimum atomic E-state index is 0.128. The van der Waals surface area contributed by atoms with Gasteiger partial charge in [0.1, 0.15) is 0 Å². The van der Waals surface area contributed by atoms with Gasteiger partial charge in [-0.15, -0.1) is 0 Å². The number of benzene rings is 1. The summed E-state index contributed by atoms with van der Waals surface area (Å²) in [6.07, 6.45) is 16.6. The zero-order valence-corrected chi connectivity index (χ0v) is 22.4. The van der Waals surface area contributed by atoms with Gasteiger partial charge in [0.15, 0.2) is 0 Å². The van der Waals surface area contributed by atoms with Gasteiger partial charge in [-0.25, -0.2) is 4.79 Å². The molecule has 2 amide bonds. The molecule has 0 heterocycles. The summed E-state index contributed by atoms with van der Waals surface area (Å²) in [5, 5.41) is 3.38. The van der Waals surface area contributed by atoms with Crippen LogP contribution in [0.2, 0.25) is 0 Å². The number of thioether (sulfide) groups is 1. The number of nitrogens with one attached hydrogen (secondary N) is 1. The minimum absolute atomic E-state index is 0.128. The lowest BCUT2D eigenvalue weighted by molar-refractivity contribution is 0.127. The van der Waals surface area contributed by atoms with Crippen molar-refractivity contribution in [3.05, 3.63) is 29.3 Å². The quantitative estimate of drug-likeness (QED) is 0.328. The summed E-state index contributed by atoms with van der Waals surface area (Å²) < 4.78 is 0. The fourth-order valence-corrected chi connectivity index (χ4v) is 7.06. The van der Waals surface area contributed by atoms with Crippen LogP contribution in [0.25, 0.3) is 0 Å². The Bertz CT molecular complexity index is 685. The number of nitrogens with zero attached hydrogens (tertiary/aromatic N) is 1. The molecule has 1 aromatic rings. The Labute approximate surface area is 207 Å². The van der Waals surface area contributed by atoms with E-state index < -0.39 is 0 Å². The van der Waals surface area contributed by atoms with Crippen molar-refractivity contribution >= 4 is 23.5 Å². The van der Waals surface area contributed by atoms with Crippen LogP contribution in [0.1, 0.15) is 103 Å². The largest absolute Gasteiger partial charge is 0.322 e. The molecule has 2 aliphatic rings. The van der Waals surface area contributed by atoms with Crippen LogP contribution in [0.5, 0.6) is 0 Å². The molecule has 0 aliphatic heterocycles. The number of hydrogen-bond acceptors (Lipinski definition) is 2. The molecule has 0 atom stereocenters. The Morgan fingerprint density at radius 2 is 1.55 bits per heavy atom. The molecule has 1 aromatic carbocycles. The lowest BCUT2D eigenvalue weighted by atomic mass is 9.72. The van der Waals surface area contributed by atoms with Crippen molar-refractivity contribution < 1.29 is 4.79 Å². The number of hydrogen-bond donors (Lipinski definition) is 1. The van der Waals surface area contributed by atoms with Crippen molar-refractivity contribution in [1.82, 2.24) is 4.90 Å². The van der Waals surface area contributed by atoms with Gasteiger partial charge < -0.3 is 10.2 Å². The molecule has 2 aliphatic carbocycles. The third kappa shape index (κ3) is 7.67. The van der Waals surface area contributed by atoms with Crippen LogP contribution in [0.15, 0.2) is 18.2 Å². The monoisotopic (exact) mass is 472 g/mol. The van der Waals surface area contributed by atoms with Gasteiger partial charge in [-0.1, -0.05) is 77.5 Å². The van der Waals surface area contributed by atoms with E-state index >= 15 is 0 Å². The lowest BCUT2D eigenvalue weighted by Gasteiger charge is -2.40. The van der Waals surface area contributed by atoms with E-state index in [4.69, 9.17) is 0 Å². The van der Waals surface area contributed by atoms with Gasteiger partial charge in [0, 0.05) is 24.0 Å². The van der Waals surface area contributed by atoms with Gasteiger partial charge >= 0.3 is 6.03 Å². The molecule has 1 N–H and O–H groups in total. The molecular formula is C29H48N2OS. The second-order valence-electron chi connectivity index (χ2n) is 10.2. The summed E-state index contributed by atoms with van der Waals surface area (Å²) in [5.41, 5.74) is 3.56. The van der Waals surface area contributed by atoms with Gasteiger partial charge in [0.25, 0.3) is 0 Å². The topological polar surface area (TPSA) is 32.3 Å². The SMILES string of the molecule is CCCCSCCN(C(=O)Nc1c(CC)cccc1CC)C1CCC(C2CCCCC2)CC1. The number of urea groups is 1. The van der Waals surface area contributed by atoms with E-state index in [2.05, 4.69) is 49.2 Å². The molecule has 0 spiro atoms. The fraction of sp³-hybridized carbons (Fsp3) is 0.759. The zero-order valence-electron chi connectivity index (χ0n) is 21.5. The Morgan fingerprint density at radius 1 is 0.909 bits per heavy atom. The summed E-state index contributed by atoms with van der Waals surface area (Å²) in [7, 11) is 0. The fourth-order valence-electron chi connectivity index (χ4n) is 6.03. The van der Waals surface area contributed by atoms with Crippen molar-refractivity contribution in [2.45, 2.75) is 110 Å². The van der Waals surface area contributed by atoms with E-state index in [1.165, 1.54) is 87.5 Å². The molecular weight excluding hydrogens is 424 g/mol. The maximum atomic E-state index is 13.7. The number of carbonyl (C=O) groups is 1. The van der Waals surface area contributed by atoms with Crippen molar-refractivity contribution in [3.63, 3.8) is 0 Å². The lowest BCUT2D eigenvalue weighted by Crippen LogP contribution is -2.46. The first-order valence-electron chi connectivity index (χ1n) is 13.9. The number of unbranched alkanes of at least 4 members (excludes halogenated alkanes) is 1. The summed E-state index contributed by atoms with van der Waals surface area (Å²) >= 11 is 2.01. The van der Waals surface area contributed by atoms with E-state index in [-0.39, 0.29) is 6.03 Å². The van der Waals surface area contributed by atoms with Crippen molar-refractivity contribution in [1.29, 1.82) is 0 Å². The smallest absolute Gasteiger partial charge is 0.321 e. The number of aryl methyl sites for hydroxylation is 2. The highest BCUT2D eigenvalue weighted by molar-refractivity contribution is 7.99. The number of para-hydroxylation sites is 1. The Hall–Kier alpha value is -1.16. The van der Waals surface area contributed by atoms with E-state index in [0.29, 0.717) is 6.04 Å². The molecule has 0 unspecified atom stereocenters. The Balaban J connectivity index is 1.65. The highest BCUT2D eigenvalue weighted by Crippen LogP contribution is 2.39. The van der Waals surface area contributed by atoms with E-state index in [1.54, 1.807) is 0 Å². The highest BCUT2D eigenvalue weighted by Gasteiger charge is 2.32. The summed E-state index contributed by atoms with van der Waals surface area (Å²) in [6.45, 7) is 7.48. The van der Waals surface area contributed by atoms with Crippen LogP contribution in [0, 0.1) is 11.8 Å². The third-order valence-corrected chi connectivity index (χ3v) is 9.16. The van der Waals surface area contributed by atoms with Gasteiger partial charge in [0.05, 0.1) is 0 Å². The van der Waals surface area contributed by atoms with Gasteiger partial charge in [-0.3, -0.25) is 0 Å². The summed E-state index contributed by atoms with van der Waals surface area (Å²) in [5.74, 6) is 4.11. The van der Waals surface area contributed by atoms with Crippen LogP contribution in [-0.2, 0) is 12.8 Å². The Morgan fingerprint density at radius 3 is 2.15 bits per heavy atom. The molecule has 3 rings (SSSR count). The predicted molar refractivity (Wildman–Crippen MR) is 145 cm³/mol. The van der Waals surface area contributed by atoms with E-state index in [0.717, 1.165) is 42.7 Å². The van der Waals surface area contributed by atoms with Gasteiger partial charge in [0.2, 0.25) is 0 Å². The van der Waals surface area contributed by atoms with E-state index in [9.17, 15) is 4.79 Å². The second kappa shape index (κ2) is 14.3. The molecule has 4 heteroatoms. The maximum absolute atomic E-state index is 13.7. The molecule has 2 saturated carbocycles. The average Bonchev–Trinajstić information content (AvgIpc) is 2.87. The summed E-state index contributed by atoms with van der Waals surface area (Å²) in [6, 6.07) is 6.98. The van der Waals surface area contributed by atoms with Crippen molar-refractivity contribution in [3.8, 4) is 0 Å². The first-order valence-corrected chi connectivity index (χ1v) is 15.1. The van der Waals surface area contributed by atoms with Gasteiger partial charge in [-0.05, 0) is 73.7 Å². The van der Waals surface area contributed by atoms with Crippen LogP contribution in [0.3, 0.4) is 0 Å². The molecule has 0 bridgehead atoms. The number of carbonyl (C=O) groups excluding carboxylic acids is 1. The minimum Gasteiger partial charge on any atom is -0.321 e. The zero-order chi connectivity index (χ0) is 23.5. The number of amides is 2. The van der Waals surface area contributed by atoms with Crippen LogP contribution in [-0.4, -0.2) is 35.0 Å². The molecule has 0 aromatic heterocycles. The summed E-state index contributed by atoms with van der Waals surface area (Å²) in [4.78, 5) is 15.9. The molecule has 2 fully saturated rings. The van der Waals surface area contributed by atoms with Crippen LogP contribution >= 0.6 is 11.8 Å². The van der Waals surface area contributed by atoms with Gasteiger partial charge in [-0.2, -0.15) is 11.8 Å². The number of anilines is 1. The highest BCUT2D eigenvalue weighted by atomic mass is 32.2. The second-order valence-corrected chi connectivity index (χ2v) is 11.4. The first kappa shape index (κ1) is 26.4. The van der Waals surface area contributed by atoms with Crippen LogP contribution < -0.4 is 5.32 Å². The molecule has 0 saturated heterocycles. The third-order valence-electron chi connectivity index (χ3n) is 8.11. The van der Waals surface area contributed by atoms with Crippen LogP contribution in [0.4, 0.5) is 10.5 Å². The normalized spacial score (nSPS) is 21.7. The molecule has 3 nitrogen and oxygen atoms in total. The molecule has 186 valence electrons. The predicted octanol–water partition coefficient (Wildman–Crippen LogP) is 8.32. The van der Waals surface area contributed by atoms with Crippen molar-refractivity contribution in [2.75, 3.05) is 23.4 Å². The standard InChI is InChI=1S/C29H48N2OS/c1-4-7-21-33-22-20-31(27-18-16-26(17-19-27)25-12-9-8-10-13-25)29(32)30-28-23(5-2)14-11-15-24(28)6-3/h11,14-15,25-27H,4-10,12-13,16-22H2,1-3H3,(H,30,32). The van der Waals surface area contributed by atoms with Crippen molar-refractivity contribution in [2.24, 2.45) is 11.8 Å². The maximum Gasteiger partial charge on any atom is 0.322 e. The molecule has 0 radical (unpaired) electrons. The van der Waals surface area contributed by atoms with E-state index in [1.807, 2.05) is 11.8 Å².